The number of hydrogen-bond acceptors (Lipinski definition) is 5. The lowest BCUT2D eigenvalue weighted by molar-refractivity contribution is -0.384. The zero-order valence-electron chi connectivity index (χ0n) is 7.44. The maximum Gasteiger partial charge on any atom is 0.296 e. The van der Waals surface area contributed by atoms with Crippen molar-refractivity contribution in [3.63, 3.8) is 0 Å². The monoisotopic (exact) mass is 230 g/mol. The molecule has 3 N–H and O–H groups in total. The molecule has 0 radical (unpaired) electrons. The second kappa shape index (κ2) is 4.14. The van der Waals surface area contributed by atoms with Crippen molar-refractivity contribution < 1.29 is 14.8 Å². The van der Waals surface area contributed by atoms with Gasteiger partial charge < -0.3 is 10.8 Å². The number of carbonyl (C=O) groups excluding carboxylic acids is 1. The summed E-state index contributed by atoms with van der Waals surface area (Å²) < 4.78 is 0. The average molecular weight is 231 g/mol. The quantitative estimate of drug-likeness (QED) is 0.203. The number of nitrogen functional groups attached to an aromatic ring is 1. The van der Waals surface area contributed by atoms with Gasteiger partial charge in [-0.2, -0.15) is 0 Å². The summed E-state index contributed by atoms with van der Waals surface area (Å²) in [6.07, 6.45) is 0. The van der Waals surface area contributed by atoms with Crippen LogP contribution in [0.3, 0.4) is 0 Å². The number of ketones is 1. The van der Waals surface area contributed by atoms with Gasteiger partial charge in [0.15, 0.2) is 5.78 Å². The highest BCUT2D eigenvalue weighted by molar-refractivity contribution is 6.31. The molecule has 1 aromatic carbocycles. The molecule has 6 nitrogen and oxygen atoms in total. The highest BCUT2D eigenvalue weighted by atomic mass is 35.5. The number of nitrogens with two attached hydrogens (primary N) is 1. The lowest BCUT2D eigenvalue weighted by Crippen LogP contribution is -2.07. The minimum Gasteiger partial charge on any atom is -0.508 e. The van der Waals surface area contributed by atoms with Gasteiger partial charge in [-0.05, 0) is 6.07 Å². The third-order valence-electron chi connectivity index (χ3n) is 1.76. The zero-order valence-corrected chi connectivity index (χ0v) is 8.19. The molecule has 0 heterocycles. The fourth-order valence-corrected chi connectivity index (χ4v) is 1.22. The number of nitrogens with zero attached hydrogens (tertiary/aromatic N) is 1. The van der Waals surface area contributed by atoms with Gasteiger partial charge in [-0.15, -0.1) is 11.6 Å². The van der Waals surface area contributed by atoms with Crippen LogP contribution in [0.25, 0.3) is 0 Å². The molecular formula is C8H7ClN2O4. The molecule has 0 bridgehead atoms. The number of phenols is 1. The number of hydrogen-bond donors (Lipinski definition) is 2. The number of Topliss-reactive ketones (excluding diaryl/α,β-unsaturated/α-hetero) is 1. The molecule has 7 heteroatoms. The second-order valence-corrected chi connectivity index (χ2v) is 3.01. The third kappa shape index (κ3) is 2.16. The summed E-state index contributed by atoms with van der Waals surface area (Å²) in [5.74, 6) is -1.33. The fraction of sp³-hybridized carbons (Fsp3) is 0.125. The largest absolute Gasteiger partial charge is 0.508 e. The summed E-state index contributed by atoms with van der Waals surface area (Å²) in [5, 5.41) is 19.7. The standard InChI is InChI=1S/C8H7ClN2O4/c9-3-7(13)5-1-4(12)2-6(8(5)10)11(14)15/h1-2,12H,3,10H2. The Labute approximate surface area is 89.4 Å². The van der Waals surface area contributed by atoms with Crippen LogP contribution in [0.15, 0.2) is 12.1 Å². The summed E-state index contributed by atoms with van der Waals surface area (Å²) in [5.41, 5.74) is 4.46. The molecule has 1 rings (SSSR count). The van der Waals surface area contributed by atoms with Crippen molar-refractivity contribution in [1.29, 1.82) is 0 Å². The fourth-order valence-electron chi connectivity index (χ4n) is 1.08. The number of nitro benzene ring substituents is 1. The van der Waals surface area contributed by atoms with Crippen molar-refractivity contribution in [1.82, 2.24) is 0 Å². The van der Waals surface area contributed by atoms with Gasteiger partial charge in [-0.25, -0.2) is 0 Å². The molecule has 0 aliphatic carbocycles. The Morgan fingerprint density at radius 3 is 2.67 bits per heavy atom. The molecule has 0 spiro atoms. The summed E-state index contributed by atoms with van der Waals surface area (Å²) in [4.78, 5) is 20.9. The number of rotatable bonds is 3. The van der Waals surface area contributed by atoms with Gasteiger partial charge in [0.2, 0.25) is 0 Å². The van der Waals surface area contributed by atoms with E-state index in [1.807, 2.05) is 0 Å². The minimum absolute atomic E-state index is 0.142. The Morgan fingerprint density at radius 1 is 1.60 bits per heavy atom. The summed E-state index contributed by atoms with van der Waals surface area (Å²) >= 11 is 5.29. The van der Waals surface area contributed by atoms with Crippen LogP contribution in [0.2, 0.25) is 0 Å². The first kappa shape index (κ1) is 11.3. The zero-order chi connectivity index (χ0) is 11.6. The van der Waals surface area contributed by atoms with E-state index in [1.54, 1.807) is 0 Å². The SMILES string of the molecule is Nc1c(C(=O)CCl)cc(O)cc1[N+](=O)[O-]. The average Bonchev–Trinajstić information content (AvgIpc) is 2.19. The first-order valence-electron chi connectivity index (χ1n) is 3.83. The topological polar surface area (TPSA) is 106 Å². The van der Waals surface area contributed by atoms with E-state index in [-0.39, 0.29) is 17.1 Å². The van der Waals surface area contributed by atoms with Crippen LogP contribution >= 0.6 is 11.6 Å². The summed E-state index contributed by atoms with van der Waals surface area (Å²) in [6, 6.07) is 1.92. The van der Waals surface area contributed by atoms with E-state index in [4.69, 9.17) is 22.4 Å². The Kier molecular flexibility index (Phi) is 3.11. The van der Waals surface area contributed by atoms with Gasteiger partial charge in [-0.3, -0.25) is 14.9 Å². The molecule has 0 amide bonds. The molecule has 0 saturated heterocycles. The molecule has 0 unspecified atom stereocenters. The molecule has 15 heavy (non-hydrogen) atoms. The van der Waals surface area contributed by atoms with E-state index < -0.39 is 22.1 Å². The van der Waals surface area contributed by atoms with Crippen LogP contribution in [0, 0.1) is 10.1 Å². The van der Waals surface area contributed by atoms with Gasteiger partial charge in [0.1, 0.15) is 11.4 Å². The van der Waals surface area contributed by atoms with Gasteiger partial charge in [0.05, 0.1) is 22.4 Å². The van der Waals surface area contributed by atoms with Crippen LogP contribution in [-0.2, 0) is 0 Å². The number of phenolic OH excluding ortho intramolecular Hbond substituents is 1. The molecule has 0 aliphatic rings. The first-order valence-corrected chi connectivity index (χ1v) is 4.37. The molecule has 80 valence electrons. The first-order chi connectivity index (χ1) is 6.97. The van der Waals surface area contributed by atoms with Crippen molar-refractivity contribution in [3.05, 3.63) is 27.8 Å². The van der Waals surface area contributed by atoms with E-state index >= 15 is 0 Å². The van der Waals surface area contributed by atoms with Crippen molar-refractivity contribution in [2.75, 3.05) is 11.6 Å². The van der Waals surface area contributed by atoms with Crippen LogP contribution in [0.5, 0.6) is 5.75 Å². The highest BCUT2D eigenvalue weighted by Gasteiger charge is 2.20. The number of alkyl halides is 1. The molecule has 1 aromatic rings. The van der Waals surface area contributed by atoms with Crippen LogP contribution in [0.4, 0.5) is 11.4 Å². The molecule has 0 aromatic heterocycles. The number of anilines is 1. The summed E-state index contributed by atoms with van der Waals surface area (Å²) in [6.45, 7) is 0. The normalized spacial score (nSPS) is 9.93. The predicted molar refractivity (Wildman–Crippen MR) is 54.2 cm³/mol. The number of carbonyl (C=O) groups is 1. The third-order valence-corrected chi connectivity index (χ3v) is 2.00. The van der Waals surface area contributed by atoms with E-state index in [1.165, 1.54) is 0 Å². The van der Waals surface area contributed by atoms with Crippen molar-refractivity contribution >= 4 is 28.8 Å². The minimum atomic E-state index is -0.778. The van der Waals surface area contributed by atoms with Crippen LogP contribution in [-0.4, -0.2) is 21.7 Å². The predicted octanol–water partition coefficient (Wildman–Crippen LogP) is 1.30. The molecular weight excluding hydrogens is 224 g/mol. The van der Waals surface area contributed by atoms with E-state index in [0.717, 1.165) is 12.1 Å². The Hall–Kier alpha value is -1.82. The van der Waals surface area contributed by atoms with Crippen molar-refractivity contribution in [3.8, 4) is 5.75 Å². The van der Waals surface area contributed by atoms with Crippen molar-refractivity contribution in [2.45, 2.75) is 0 Å². The lowest BCUT2D eigenvalue weighted by Gasteiger charge is -2.04. The Bertz CT molecular complexity index is 433. The molecule has 0 atom stereocenters. The van der Waals surface area contributed by atoms with E-state index in [2.05, 4.69) is 0 Å². The second-order valence-electron chi connectivity index (χ2n) is 2.74. The Balaban J connectivity index is 3.41. The van der Waals surface area contributed by atoms with Crippen LogP contribution < -0.4 is 5.73 Å². The van der Waals surface area contributed by atoms with Crippen molar-refractivity contribution in [2.24, 2.45) is 0 Å². The molecule has 0 fully saturated rings. The highest BCUT2D eigenvalue weighted by Crippen LogP contribution is 2.30. The summed E-state index contributed by atoms with van der Waals surface area (Å²) in [7, 11) is 0. The van der Waals surface area contributed by atoms with Gasteiger partial charge >= 0.3 is 0 Å². The van der Waals surface area contributed by atoms with E-state index in [0.29, 0.717) is 0 Å². The number of benzene rings is 1. The van der Waals surface area contributed by atoms with Gasteiger partial charge in [-0.1, -0.05) is 0 Å². The lowest BCUT2D eigenvalue weighted by atomic mass is 10.1. The van der Waals surface area contributed by atoms with Gasteiger partial charge in [0, 0.05) is 0 Å². The maximum absolute atomic E-state index is 11.2. The van der Waals surface area contributed by atoms with E-state index in [9.17, 15) is 14.9 Å². The number of aromatic hydroxyl groups is 1. The molecule has 0 saturated carbocycles. The number of halogens is 1. The molecule has 0 aliphatic heterocycles. The Morgan fingerprint density at radius 2 is 2.20 bits per heavy atom. The van der Waals surface area contributed by atoms with Gasteiger partial charge in [0.25, 0.3) is 5.69 Å². The van der Waals surface area contributed by atoms with Crippen LogP contribution in [0.1, 0.15) is 10.4 Å². The smallest absolute Gasteiger partial charge is 0.296 e. The maximum atomic E-state index is 11.2. The number of nitro groups is 1.